The summed E-state index contributed by atoms with van der Waals surface area (Å²) in [5.41, 5.74) is 0. The van der Waals surface area contributed by atoms with Crippen molar-refractivity contribution in [3.63, 3.8) is 0 Å². The minimum Gasteiger partial charge on any atom is -0.359 e. The lowest BCUT2D eigenvalue weighted by molar-refractivity contribution is -0.120. The molecule has 1 saturated heterocycles. The lowest BCUT2D eigenvalue weighted by Crippen LogP contribution is -2.57. The standard InChI is InChI=1S/C12H24N4O3S.HI/c1-12(2)9-16(7-8-20(12,18)19)11(14-4)15-6-5-10(17)13-3;/h5-9H2,1-4H3,(H,13,17)(H,14,15);1H. The third-order valence-corrected chi connectivity index (χ3v) is 6.00. The number of hydrogen-bond acceptors (Lipinski definition) is 4. The third kappa shape index (κ3) is 5.28. The molecule has 1 aliphatic rings. The van der Waals surface area contributed by atoms with Crippen molar-refractivity contribution in [2.75, 3.05) is 39.5 Å². The molecule has 124 valence electrons. The minimum absolute atomic E-state index is 0. The van der Waals surface area contributed by atoms with E-state index >= 15 is 0 Å². The largest absolute Gasteiger partial charge is 0.359 e. The Morgan fingerprint density at radius 3 is 2.48 bits per heavy atom. The number of hydrogen-bond donors (Lipinski definition) is 2. The maximum absolute atomic E-state index is 12.0. The third-order valence-electron chi connectivity index (χ3n) is 3.47. The first-order chi connectivity index (χ1) is 9.23. The molecule has 0 bridgehead atoms. The van der Waals surface area contributed by atoms with Crippen LogP contribution in [0, 0.1) is 0 Å². The van der Waals surface area contributed by atoms with Crippen molar-refractivity contribution in [2.24, 2.45) is 4.99 Å². The van der Waals surface area contributed by atoms with Crippen LogP contribution in [0.15, 0.2) is 4.99 Å². The highest BCUT2D eigenvalue weighted by Crippen LogP contribution is 2.23. The Kier molecular flexibility index (Phi) is 7.93. The lowest BCUT2D eigenvalue weighted by atomic mass is 10.2. The van der Waals surface area contributed by atoms with Gasteiger partial charge in [0.2, 0.25) is 5.91 Å². The molecule has 0 aromatic carbocycles. The first-order valence-corrected chi connectivity index (χ1v) is 8.27. The van der Waals surface area contributed by atoms with Crippen LogP contribution in [0.1, 0.15) is 20.3 Å². The molecule has 21 heavy (non-hydrogen) atoms. The van der Waals surface area contributed by atoms with Crippen molar-refractivity contribution in [3.05, 3.63) is 0 Å². The predicted molar refractivity (Wildman–Crippen MR) is 94.9 cm³/mol. The number of nitrogens with one attached hydrogen (secondary N) is 2. The Hall–Kier alpha value is -0.580. The quantitative estimate of drug-likeness (QED) is 0.367. The molecule has 1 fully saturated rings. The van der Waals surface area contributed by atoms with Gasteiger partial charge in [0.15, 0.2) is 15.8 Å². The summed E-state index contributed by atoms with van der Waals surface area (Å²) in [5, 5.41) is 5.64. The van der Waals surface area contributed by atoms with Crippen LogP contribution in [0.3, 0.4) is 0 Å². The molecule has 0 unspecified atom stereocenters. The Morgan fingerprint density at radius 1 is 1.38 bits per heavy atom. The Labute approximate surface area is 143 Å². The number of aliphatic imine (C=N–C) groups is 1. The van der Waals surface area contributed by atoms with Crippen molar-refractivity contribution in [1.29, 1.82) is 0 Å². The smallest absolute Gasteiger partial charge is 0.221 e. The molecular weight excluding hydrogens is 407 g/mol. The van der Waals surface area contributed by atoms with Gasteiger partial charge in [0.05, 0.1) is 10.5 Å². The average molecular weight is 432 g/mol. The number of nitrogens with zero attached hydrogens (tertiary/aromatic N) is 2. The van der Waals surface area contributed by atoms with Gasteiger partial charge in [-0.1, -0.05) is 0 Å². The summed E-state index contributed by atoms with van der Waals surface area (Å²) in [6.45, 7) is 4.75. The van der Waals surface area contributed by atoms with E-state index in [1.54, 1.807) is 27.9 Å². The maximum Gasteiger partial charge on any atom is 0.221 e. The van der Waals surface area contributed by atoms with Crippen molar-refractivity contribution in [3.8, 4) is 0 Å². The fraction of sp³-hybridized carbons (Fsp3) is 0.833. The molecule has 0 spiro atoms. The van der Waals surface area contributed by atoms with Crippen LogP contribution in [-0.2, 0) is 14.6 Å². The van der Waals surface area contributed by atoms with Crippen LogP contribution < -0.4 is 10.6 Å². The molecule has 7 nitrogen and oxygen atoms in total. The van der Waals surface area contributed by atoms with E-state index in [4.69, 9.17) is 0 Å². The summed E-state index contributed by atoms with van der Waals surface area (Å²) < 4.78 is 23.1. The molecule has 0 atom stereocenters. The van der Waals surface area contributed by atoms with Gasteiger partial charge < -0.3 is 15.5 Å². The molecule has 0 saturated carbocycles. The lowest BCUT2D eigenvalue weighted by Gasteiger charge is -2.39. The van der Waals surface area contributed by atoms with E-state index < -0.39 is 14.6 Å². The van der Waals surface area contributed by atoms with Gasteiger partial charge in [0.1, 0.15) is 0 Å². The SMILES string of the molecule is CN=C(NCCC(=O)NC)N1CCS(=O)(=O)C(C)(C)C1.I. The monoisotopic (exact) mass is 432 g/mol. The number of carbonyl (C=O) groups excluding carboxylic acids is 1. The highest BCUT2D eigenvalue weighted by Gasteiger charge is 2.40. The van der Waals surface area contributed by atoms with E-state index in [1.807, 2.05) is 4.90 Å². The Bertz CT molecular complexity index is 491. The van der Waals surface area contributed by atoms with Crippen molar-refractivity contribution < 1.29 is 13.2 Å². The summed E-state index contributed by atoms with van der Waals surface area (Å²) >= 11 is 0. The Morgan fingerprint density at radius 2 is 2.00 bits per heavy atom. The zero-order chi connectivity index (χ0) is 15.4. The molecule has 1 heterocycles. The zero-order valence-electron chi connectivity index (χ0n) is 13.0. The van der Waals surface area contributed by atoms with Gasteiger partial charge in [0.25, 0.3) is 0 Å². The van der Waals surface area contributed by atoms with Crippen molar-refractivity contribution in [1.82, 2.24) is 15.5 Å². The molecule has 0 aromatic heterocycles. The van der Waals surface area contributed by atoms with Crippen LogP contribution in [0.5, 0.6) is 0 Å². The molecule has 0 radical (unpaired) electrons. The van der Waals surface area contributed by atoms with Crippen molar-refractivity contribution >= 4 is 45.7 Å². The van der Waals surface area contributed by atoms with Gasteiger partial charge in [-0.25, -0.2) is 8.42 Å². The van der Waals surface area contributed by atoms with Crippen molar-refractivity contribution in [2.45, 2.75) is 25.0 Å². The average Bonchev–Trinajstić information content (AvgIpc) is 2.38. The van der Waals surface area contributed by atoms with E-state index in [9.17, 15) is 13.2 Å². The summed E-state index contributed by atoms with van der Waals surface area (Å²) in [4.78, 5) is 17.2. The fourth-order valence-corrected chi connectivity index (χ4v) is 3.44. The van der Waals surface area contributed by atoms with Gasteiger partial charge in [-0.05, 0) is 13.8 Å². The number of sulfone groups is 1. The summed E-state index contributed by atoms with van der Waals surface area (Å²) in [6, 6.07) is 0. The summed E-state index contributed by atoms with van der Waals surface area (Å²) in [7, 11) is 0.181. The molecule has 2 N–H and O–H groups in total. The molecule has 1 aliphatic heterocycles. The molecule has 0 aliphatic carbocycles. The number of carbonyl (C=O) groups is 1. The van der Waals surface area contributed by atoms with Crippen LogP contribution in [-0.4, -0.2) is 69.4 Å². The number of rotatable bonds is 3. The van der Waals surface area contributed by atoms with Crippen LogP contribution in [0.25, 0.3) is 0 Å². The second kappa shape index (κ2) is 8.16. The predicted octanol–water partition coefficient (Wildman–Crippen LogP) is -0.175. The number of halogens is 1. The first-order valence-electron chi connectivity index (χ1n) is 6.62. The summed E-state index contributed by atoms with van der Waals surface area (Å²) in [6.07, 6.45) is 0.352. The molecule has 9 heteroatoms. The van der Waals surface area contributed by atoms with Crippen LogP contribution >= 0.6 is 24.0 Å². The van der Waals surface area contributed by atoms with Gasteiger partial charge in [-0.3, -0.25) is 9.79 Å². The van der Waals surface area contributed by atoms with E-state index in [1.165, 1.54) is 0 Å². The fourth-order valence-electron chi connectivity index (χ4n) is 2.07. The first kappa shape index (κ1) is 20.4. The second-order valence-electron chi connectivity index (χ2n) is 5.40. The van der Waals surface area contributed by atoms with E-state index in [2.05, 4.69) is 15.6 Å². The van der Waals surface area contributed by atoms with Crippen LogP contribution in [0.4, 0.5) is 0 Å². The normalized spacial score (nSPS) is 20.4. The second-order valence-corrected chi connectivity index (χ2v) is 8.14. The van der Waals surface area contributed by atoms with E-state index in [-0.39, 0.29) is 35.6 Å². The highest BCUT2D eigenvalue weighted by atomic mass is 127. The van der Waals surface area contributed by atoms with E-state index in [0.717, 1.165) is 0 Å². The summed E-state index contributed by atoms with van der Waals surface area (Å²) in [5.74, 6) is 0.710. The highest BCUT2D eigenvalue weighted by molar-refractivity contribution is 14.0. The molecular formula is C12H25IN4O3S. The van der Waals surface area contributed by atoms with Gasteiger partial charge in [0, 0.05) is 40.2 Å². The topological polar surface area (TPSA) is 90.9 Å². The zero-order valence-corrected chi connectivity index (χ0v) is 16.1. The van der Waals surface area contributed by atoms with Crippen LogP contribution in [0.2, 0.25) is 0 Å². The Balaban J connectivity index is 0.00000400. The van der Waals surface area contributed by atoms with E-state index in [0.29, 0.717) is 32.0 Å². The number of guanidine groups is 1. The van der Waals surface area contributed by atoms with Gasteiger partial charge in [-0.15, -0.1) is 24.0 Å². The van der Waals surface area contributed by atoms with Gasteiger partial charge in [-0.2, -0.15) is 0 Å². The molecule has 1 amide bonds. The number of amides is 1. The minimum atomic E-state index is -3.06. The maximum atomic E-state index is 12.0. The molecule has 0 aromatic rings. The molecule has 1 rings (SSSR count). The van der Waals surface area contributed by atoms with Gasteiger partial charge >= 0.3 is 0 Å².